The van der Waals surface area contributed by atoms with E-state index in [1.165, 1.54) is 25.7 Å². The molecule has 0 spiro atoms. The number of rotatable bonds is 5. The Morgan fingerprint density at radius 2 is 2.28 bits per heavy atom. The minimum Gasteiger partial charge on any atom is -0.338 e. The lowest BCUT2D eigenvalue weighted by molar-refractivity contribution is 0.327. The average Bonchev–Trinajstić information content (AvgIpc) is 3.09. The molecule has 4 atom stereocenters. The molecule has 2 aliphatic carbocycles. The Morgan fingerprint density at radius 3 is 2.94 bits per heavy atom. The number of fused-ring (bicyclic) bond motifs is 2. The second kappa shape index (κ2) is 5.00. The molecule has 0 saturated heterocycles. The smallest absolute Gasteiger partial charge is 0.243 e. The van der Waals surface area contributed by atoms with Crippen LogP contribution in [0.4, 0.5) is 0 Å². The molecule has 0 aliphatic heterocycles. The predicted octanol–water partition coefficient (Wildman–Crippen LogP) is 3.03. The Balaban J connectivity index is 1.66. The third-order valence-corrected chi connectivity index (χ3v) is 4.60. The summed E-state index contributed by atoms with van der Waals surface area (Å²) in [5.74, 6) is 4.03. The van der Waals surface area contributed by atoms with Crippen molar-refractivity contribution in [1.82, 2.24) is 15.5 Å². The predicted molar refractivity (Wildman–Crippen MR) is 69.2 cm³/mol. The largest absolute Gasteiger partial charge is 0.338 e. The van der Waals surface area contributed by atoms with E-state index in [0.717, 1.165) is 36.5 Å². The van der Waals surface area contributed by atoms with Crippen LogP contribution in [-0.4, -0.2) is 16.7 Å². The molecule has 18 heavy (non-hydrogen) atoms. The summed E-state index contributed by atoms with van der Waals surface area (Å²) < 4.78 is 5.42. The lowest BCUT2D eigenvalue weighted by Gasteiger charge is -2.17. The summed E-state index contributed by atoms with van der Waals surface area (Å²) in [6.07, 6.45) is 6.57. The lowest BCUT2D eigenvalue weighted by Crippen LogP contribution is -2.19. The van der Waals surface area contributed by atoms with Gasteiger partial charge in [0.2, 0.25) is 5.89 Å². The third kappa shape index (κ3) is 2.18. The number of nitrogens with zero attached hydrogens (tertiary/aromatic N) is 2. The summed E-state index contributed by atoms with van der Waals surface area (Å²) in [6, 6.07) is 0.171. The van der Waals surface area contributed by atoms with Crippen LogP contribution < -0.4 is 5.32 Å². The maximum Gasteiger partial charge on any atom is 0.243 e. The highest BCUT2D eigenvalue weighted by Gasteiger charge is 2.42. The van der Waals surface area contributed by atoms with Crippen LogP contribution in [0.3, 0.4) is 0 Å². The second-order valence-corrected chi connectivity index (χ2v) is 5.95. The minimum absolute atomic E-state index is 0.171. The molecule has 2 aliphatic rings. The molecule has 3 rings (SSSR count). The maximum atomic E-state index is 5.42. The van der Waals surface area contributed by atoms with Gasteiger partial charge in [0.1, 0.15) is 0 Å². The highest BCUT2D eigenvalue weighted by molar-refractivity contribution is 5.07. The molecule has 4 nitrogen and oxygen atoms in total. The molecule has 4 heteroatoms. The van der Waals surface area contributed by atoms with E-state index in [0.29, 0.717) is 5.92 Å². The van der Waals surface area contributed by atoms with E-state index in [-0.39, 0.29) is 6.04 Å². The van der Waals surface area contributed by atoms with Crippen molar-refractivity contribution in [2.24, 2.45) is 11.8 Å². The molecule has 2 bridgehead atoms. The Bertz CT molecular complexity index is 403. The van der Waals surface area contributed by atoms with Crippen LogP contribution in [0.2, 0.25) is 0 Å². The van der Waals surface area contributed by atoms with E-state index in [9.17, 15) is 0 Å². The lowest BCUT2D eigenvalue weighted by atomic mass is 9.88. The van der Waals surface area contributed by atoms with Gasteiger partial charge in [-0.1, -0.05) is 18.5 Å². The van der Waals surface area contributed by atoms with Crippen molar-refractivity contribution >= 4 is 0 Å². The van der Waals surface area contributed by atoms with Crippen molar-refractivity contribution < 1.29 is 4.52 Å². The molecule has 1 aromatic heterocycles. The quantitative estimate of drug-likeness (QED) is 0.871. The van der Waals surface area contributed by atoms with Gasteiger partial charge in [0.15, 0.2) is 5.82 Å². The zero-order chi connectivity index (χ0) is 12.5. The zero-order valence-corrected chi connectivity index (χ0v) is 11.4. The molecule has 1 N–H and O–H groups in total. The van der Waals surface area contributed by atoms with Crippen LogP contribution in [0.1, 0.15) is 69.6 Å². The van der Waals surface area contributed by atoms with Crippen molar-refractivity contribution in [1.29, 1.82) is 0 Å². The molecular formula is C14H23N3O. The average molecular weight is 249 g/mol. The SMILES string of the molecule is CCCNC(C)c1nc(C2CC3CCC2C3)no1. The van der Waals surface area contributed by atoms with Crippen molar-refractivity contribution in [2.75, 3.05) is 6.54 Å². The topological polar surface area (TPSA) is 51.0 Å². The maximum absolute atomic E-state index is 5.42. The summed E-state index contributed by atoms with van der Waals surface area (Å²) in [4.78, 5) is 4.62. The molecule has 0 radical (unpaired) electrons. The number of hydrogen-bond donors (Lipinski definition) is 1. The van der Waals surface area contributed by atoms with Gasteiger partial charge in [-0.05, 0) is 51.0 Å². The van der Waals surface area contributed by atoms with Crippen molar-refractivity contribution in [3.63, 3.8) is 0 Å². The Hall–Kier alpha value is -0.900. The molecule has 0 amide bonds. The zero-order valence-electron chi connectivity index (χ0n) is 11.4. The first kappa shape index (κ1) is 12.2. The third-order valence-electron chi connectivity index (χ3n) is 4.60. The highest BCUT2D eigenvalue weighted by Crippen LogP contribution is 2.52. The molecule has 100 valence electrons. The molecule has 1 aromatic rings. The van der Waals surface area contributed by atoms with E-state index in [1.54, 1.807) is 0 Å². The molecule has 2 fully saturated rings. The van der Waals surface area contributed by atoms with Gasteiger partial charge < -0.3 is 9.84 Å². The van der Waals surface area contributed by atoms with Crippen molar-refractivity contribution in [3.05, 3.63) is 11.7 Å². The van der Waals surface area contributed by atoms with E-state index < -0.39 is 0 Å². The van der Waals surface area contributed by atoms with Gasteiger partial charge in [0.05, 0.1) is 6.04 Å². The van der Waals surface area contributed by atoms with E-state index in [4.69, 9.17) is 4.52 Å². The summed E-state index contributed by atoms with van der Waals surface area (Å²) in [6.45, 7) is 5.25. The fourth-order valence-corrected chi connectivity index (χ4v) is 3.58. The monoisotopic (exact) mass is 249 g/mol. The van der Waals surface area contributed by atoms with Gasteiger partial charge in [0, 0.05) is 5.92 Å². The Kier molecular flexibility index (Phi) is 3.37. The van der Waals surface area contributed by atoms with Gasteiger partial charge in [0.25, 0.3) is 0 Å². The standard InChI is InChI=1S/C14H23N3O/c1-3-6-15-9(2)14-16-13(17-18-14)12-8-10-4-5-11(12)7-10/h9-12,15H,3-8H2,1-2H3. The number of aromatic nitrogens is 2. The van der Waals surface area contributed by atoms with Crippen LogP contribution in [-0.2, 0) is 0 Å². The first-order valence-corrected chi connectivity index (χ1v) is 7.34. The van der Waals surface area contributed by atoms with Crippen molar-refractivity contribution in [3.8, 4) is 0 Å². The molecule has 0 aromatic carbocycles. The fourth-order valence-electron chi connectivity index (χ4n) is 3.58. The van der Waals surface area contributed by atoms with E-state index in [1.807, 2.05) is 0 Å². The van der Waals surface area contributed by atoms with E-state index >= 15 is 0 Å². The van der Waals surface area contributed by atoms with E-state index in [2.05, 4.69) is 29.3 Å². The Labute approximate surface area is 109 Å². The molecule has 1 heterocycles. The first-order chi connectivity index (χ1) is 8.78. The van der Waals surface area contributed by atoms with Gasteiger partial charge in [-0.2, -0.15) is 4.98 Å². The molecular weight excluding hydrogens is 226 g/mol. The van der Waals surface area contributed by atoms with Crippen LogP contribution in [0, 0.1) is 11.8 Å². The van der Waals surface area contributed by atoms with Gasteiger partial charge >= 0.3 is 0 Å². The normalized spacial score (nSPS) is 32.0. The second-order valence-electron chi connectivity index (χ2n) is 5.95. The van der Waals surface area contributed by atoms with Gasteiger partial charge in [-0.25, -0.2) is 0 Å². The first-order valence-electron chi connectivity index (χ1n) is 7.34. The number of nitrogens with one attached hydrogen (secondary N) is 1. The number of hydrogen-bond acceptors (Lipinski definition) is 4. The summed E-state index contributed by atoms with van der Waals surface area (Å²) in [7, 11) is 0. The summed E-state index contributed by atoms with van der Waals surface area (Å²) >= 11 is 0. The van der Waals surface area contributed by atoms with Crippen LogP contribution in [0.15, 0.2) is 4.52 Å². The Morgan fingerprint density at radius 1 is 1.39 bits per heavy atom. The van der Waals surface area contributed by atoms with Crippen molar-refractivity contribution in [2.45, 2.75) is 57.9 Å². The van der Waals surface area contributed by atoms with Crippen LogP contribution in [0.25, 0.3) is 0 Å². The van der Waals surface area contributed by atoms with Crippen LogP contribution in [0.5, 0.6) is 0 Å². The minimum atomic E-state index is 0.171. The fraction of sp³-hybridized carbons (Fsp3) is 0.857. The summed E-state index contributed by atoms with van der Waals surface area (Å²) in [5.41, 5.74) is 0. The van der Waals surface area contributed by atoms with Gasteiger partial charge in [-0.15, -0.1) is 0 Å². The molecule has 4 unspecified atom stereocenters. The van der Waals surface area contributed by atoms with Gasteiger partial charge in [-0.3, -0.25) is 0 Å². The summed E-state index contributed by atoms with van der Waals surface area (Å²) in [5, 5.41) is 7.61. The molecule has 2 saturated carbocycles. The van der Waals surface area contributed by atoms with Crippen LogP contribution >= 0.6 is 0 Å². The highest BCUT2D eigenvalue weighted by atomic mass is 16.5.